The number of benzene rings is 1. The average Bonchev–Trinajstić information content (AvgIpc) is 2.77. The molecule has 4 heteroatoms. The van der Waals surface area contributed by atoms with E-state index in [9.17, 15) is 9.59 Å². The van der Waals surface area contributed by atoms with Gasteiger partial charge >= 0.3 is 0 Å². The van der Waals surface area contributed by atoms with Gasteiger partial charge in [-0.1, -0.05) is 17.7 Å². The molecule has 1 unspecified atom stereocenters. The maximum absolute atomic E-state index is 12.2. The fraction of sp³-hybridized carbons (Fsp3) is 0.385. The Balaban J connectivity index is 2.23. The Labute approximate surface area is 105 Å². The number of carbonyl (C=O) groups excluding carboxylic acids is 2. The summed E-state index contributed by atoms with van der Waals surface area (Å²) in [6, 6.07) is 6.92. The van der Waals surface area contributed by atoms with Crippen LogP contribution in [0.25, 0.3) is 0 Å². The molecule has 0 saturated carbocycles. The highest BCUT2D eigenvalue weighted by molar-refractivity contribution is 6.64. The second-order valence-electron chi connectivity index (χ2n) is 4.33. The highest BCUT2D eigenvalue weighted by Gasteiger charge is 2.33. The molecule has 0 bridgehead atoms. The Hall–Kier alpha value is -1.35. The van der Waals surface area contributed by atoms with Crippen molar-refractivity contribution >= 4 is 22.8 Å². The molecule has 17 heavy (non-hydrogen) atoms. The number of hydrogen-bond donors (Lipinski definition) is 0. The number of aryl methyl sites for hydroxylation is 1. The molecule has 2 rings (SSSR count). The molecule has 1 saturated heterocycles. The first-order valence-electron chi connectivity index (χ1n) is 5.66. The number of nitrogens with zero attached hydrogens (tertiary/aromatic N) is 1. The van der Waals surface area contributed by atoms with Crippen LogP contribution < -0.4 is 0 Å². The summed E-state index contributed by atoms with van der Waals surface area (Å²) in [5.41, 5.74) is 1.65. The van der Waals surface area contributed by atoms with Crippen LogP contribution in [0.15, 0.2) is 24.3 Å². The van der Waals surface area contributed by atoms with Gasteiger partial charge in [0.25, 0.3) is 5.91 Å². The van der Waals surface area contributed by atoms with Crippen molar-refractivity contribution in [1.29, 1.82) is 0 Å². The molecule has 1 aliphatic rings. The van der Waals surface area contributed by atoms with Crippen molar-refractivity contribution in [1.82, 2.24) is 4.90 Å². The lowest BCUT2D eigenvalue weighted by molar-refractivity contribution is -0.115. The third kappa shape index (κ3) is 2.50. The summed E-state index contributed by atoms with van der Waals surface area (Å²) in [7, 11) is 0. The SMILES string of the molecule is Cc1cccc(C(=O)N2CCCC2C(=O)Cl)c1. The van der Waals surface area contributed by atoms with Crippen LogP contribution in [0.1, 0.15) is 28.8 Å². The average molecular weight is 252 g/mol. The molecular weight excluding hydrogens is 238 g/mol. The van der Waals surface area contributed by atoms with Gasteiger partial charge in [-0.05, 0) is 43.5 Å². The van der Waals surface area contributed by atoms with Crippen molar-refractivity contribution in [3.63, 3.8) is 0 Å². The Kier molecular flexibility index (Phi) is 3.48. The number of hydrogen-bond acceptors (Lipinski definition) is 2. The zero-order valence-electron chi connectivity index (χ0n) is 9.65. The van der Waals surface area contributed by atoms with Crippen LogP contribution in [0.2, 0.25) is 0 Å². The van der Waals surface area contributed by atoms with Crippen molar-refractivity contribution < 1.29 is 9.59 Å². The first-order chi connectivity index (χ1) is 8.09. The van der Waals surface area contributed by atoms with Crippen LogP contribution >= 0.6 is 11.6 Å². The predicted octanol–water partition coefficient (Wildman–Crippen LogP) is 2.37. The second kappa shape index (κ2) is 4.88. The predicted molar refractivity (Wildman–Crippen MR) is 66.1 cm³/mol. The van der Waals surface area contributed by atoms with Crippen molar-refractivity contribution in [2.45, 2.75) is 25.8 Å². The maximum atomic E-state index is 12.2. The molecule has 0 N–H and O–H groups in total. The fourth-order valence-electron chi connectivity index (χ4n) is 2.19. The fourth-order valence-corrected chi connectivity index (χ4v) is 2.42. The molecule has 90 valence electrons. The normalized spacial score (nSPS) is 19.4. The Bertz CT molecular complexity index is 458. The summed E-state index contributed by atoms with van der Waals surface area (Å²) in [5.74, 6) is -0.106. The van der Waals surface area contributed by atoms with Gasteiger partial charge in [-0.25, -0.2) is 0 Å². The summed E-state index contributed by atoms with van der Waals surface area (Å²) in [6.45, 7) is 2.54. The summed E-state index contributed by atoms with van der Waals surface area (Å²) in [4.78, 5) is 25.0. The van der Waals surface area contributed by atoms with Crippen LogP contribution in [-0.4, -0.2) is 28.6 Å². The molecule has 1 aromatic rings. The van der Waals surface area contributed by atoms with Gasteiger partial charge in [0, 0.05) is 12.1 Å². The van der Waals surface area contributed by atoms with Crippen LogP contribution in [0.4, 0.5) is 0 Å². The summed E-state index contributed by atoms with van der Waals surface area (Å²) >= 11 is 5.51. The van der Waals surface area contributed by atoms with Gasteiger partial charge in [0.2, 0.25) is 5.24 Å². The molecule has 1 amide bonds. The highest BCUT2D eigenvalue weighted by atomic mass is 35.5. The van der Waals surface area contributed by atoms with E-state index in [2.05, 4.69) is 0 Å². The zero-order chi connectivity index (χ0) is 12.4. The third-order valence-corrected chi connectivity index (χ3v) is 3.29. The maximum Gasteiger partial charge on any atom is 0.254 e. The van der Waals surface area contributed by atoms with Gasteiger partial charge in [-0.2, -0.15) is 0 Å². The van der Waals surface area contributed by atoms with Crippen molar-refractivity contribution in [2.24, 2.45) is 0 Å². The van der Waals surface area contributed by atoms with Crippen molar-refractivity contribution in [3.8, 4) is 0 Å². The molecule has 0 radical (unpaired) electrons. The smallest absolute Gasteiger partial charge is 0.254 e. The minimum atomic E-state index is -0.454. The van der Waals surface area contributed by atoms with Crippen LogP contribution in [0.3, 0.4) is 0 Å². The van der Waals surface area contributed by atoms with E-state index in [1.165, 1.54) is 0 Å². The van der Waals surface area contributed by atoms with Crippen molar-refractivity contribution in [2.75, 3.05) is 6.54 Å². The lowest BCUT2D eigenvalue weighted by atomic mass is 10.1. The summed E-state index contributed by atoms with van der Waals surface area (Å²) in [6.07, 6.45) is 1.50. The number of halogens is 1. The number of likely N-dealkylation sites (tertiary alicyclic amines) is 1. The van der Waals surface area contributed by atoms with Crippen LogP contribution in [-0.2, 0) is 4.79 Å². The Morgan fingerprint density at radius 2 is 2.18 bits per heavy atom. The Morgan fingerprint density at radius 1 is 1.41 bits per heavy atom. The van der Waals surface area contributed by atoms with E-state index in [-0.39, 0.29) is 5.91 Å². The Morgan fingerprint density at radius 3 is 2.82 bits per heavy atom. The first-order valence-corrected chi connectivity index (χ1v) is 6.04. The molecule has 0 spiro atoms. The molecule has 1 heterocycles. The number of rotatable bonds is 2. The van der Waals surface area contributed by atoms with Gasteiger partial charge < -0.3 is 4.90 Å². The van der Waals surface area contributed by atoms with E-state index in [0.29, 0.717) is 18.5 Å². The molecule has 1 aliphatic heterocycles. The number of amides is 1. The molecule has 1 fully saturated rings. The second-order valence-corrected chi connectivity index (χ2v) is 4.70. The zero-order valence-corrected chi connectivity index (χ0v) is 10.4. The van der Waals surface area contributed by atoms with Gasteiger partial charge in [0.1, 0.15) is 6.04 Å². The van der Waals surface area contributed by atoms with Crippen LogP contribution in [0.5, 0.6) is 0 Å². The topological polar surface area (TPSA) is 37.4 Å². The molecule has 3 nitrogen and oxygen atoms in total. The minimum Gasteiger partial charge on any atom is -0.327 e. The first kappa shape index (κ1) is 12.1. The molecular formula is C13H14ClNO2. The lowest BCUT2D eigenvalue weighted by Gasteiger charge is -2.21. The molecule has 0 aliphatic carbocycles. The quantitative estimate of drug-likeness (QED) is 0.757. The highest BCUT2D eigenvalue weighted by Crippen LogP contribution is 2.22. The summed E-state index contributed by atoms with van der Waals surface area (Å²) < 4.78 is 0. The van der Waals surface area contributed by atoms with Crippen LogP contribution in [0, 0.1) is 6.92 Å². The standard InChI is InChI=1S/C13H14ClNO2/c1-9-4-2-5-10(8-9)13(17)15-7-3-6-11(15)12(14)16/h2,4-5,8,11H,3,6-7H2,1H3. The molecule has 1 aromatic carbocycles. The van der Waals surface area contributed by atoms with E-state index < -0.39 is 11.3 Å². The largest absolute Gasteiger partial charge is 0.327 e. The molecule has 1 atom stereocenters. The van der Waals surface area contributed by atoms with E-state index in [4.69, 9.17) is 11.6 Å². The van der Waals surface area contributed by atoms with Crippen molar-refractivity contribution in [3.05, 3.63) is 35.4 Å². The molecule has 0 aromatic heterocycles. The van der Waals surface area contributed by atoms with E-state index in [1.807, 2.05) is 25.1 Å². The summed E-state index contributed by atoms with van der Waals surface area (Å²) in [5, 5.41) is -0.441. The number of carbonyl (C=O) groups is 2. The van der Waals surface area contributed by atoms with E-state index in [0.717, 1.165) is 12.0 Å². The van der Waals surface area contributed by atoms with Gasteiger partial charge in [-0.15, -0.1) is 0 Å². The van der Waals surface area contributed by atoms with Gasteiger partial charge in [0.15, 0.2) is 0 Å². The van der Waals surface area contributed by atoms with Gasteiger partial charge in [0.05, 0.1) is 0 Å². The van der Waals surface area contributed by atoms with E-state index in [1.54, 1.807) is 11.0 Å². The third-order valence-electron chi connectivity index (χ3n) is 3.04. The van der Waals surface area contributed by atoms with Gasteiger partial charge in [-0.3, -0.25) is 9.59 Å². The monoisotopic (exact) mass is 251 g/mol. The lowest BCUT2D eigenvalue weighted by Crippen LogP contribution is -2.38. The minimum absolute atomic E-state index is 0.106. The van der Waals surface area contributed by atoms with E-state index >= 15 is 0 Å².